The molecule has 6 nitrogen and oxygen atoms in total. The van der Waals surface area contributed by atoms with Crippen molar-refractivity contribution < 1.29 is 19.4 Å². The minimum atomic E-state index is -0.987. The van der Waals surface area contributed by atoms with E-state index in [2.05, 4.69) is 11.9 Å². The van der Waals surface area contributed by atoms with Crippen molar-refractivity contribution in [2.75, 3.05) is 13.1 Å². The molecule has 1 aromatic rings. The molecule has 2 N–H and O–H groups in total. The number of nitrogens with zero attached hydrogens (tertiary/aromatic N) is 1. The van der Waals surface area contributed by atoms with Crippen LogP contribution in [-0.4, -0.2) is 41.3 Å². The zero-order chi connectivity index (χ0) is 15.9. The lowest BCUT2D eigenvalue weighted by atomic mass is 10.1. The highest BCUT2D eigenvalue weighted by atomic mass is 16.5. The summed E-state index contributed by atoms with van der Waals surface area (Å²) in [6.45, 7) is 4.76. The number of likely N-dealkylation sites (tertiary alicyclic amines) is 1. The Hall–Kier alpha value is -2.50. The second kappa shape index (κ2) is 7.49. The number of carboxylic acid groups (broad SMARTS) is 1. The first-order valence-corrected chi connectivity index (χ1v) is 7.19. The number of benzene rings is 1. The molecule has 0 bridgehead atoms. The van der Waals surface area contributed by atoms with Gasteiger partial charge in [-0.2, -0.15) is 0 Å². The molecule has 1 aliphatic heterocycles. The molecular weight excluding hydrogens is 284 g/mol. The van der Waals surface area contributed by atoms with Gasteiger partial charge in [0.15, 0.2) is 0 Å². The van der Waals surface area contributed by atoms with E-state index in [1.165, 1.54) is 4.90 Å². The van der Waals surface area contributed by atoms with Gasteiger partial charge in [-0.15, -0.1) is 0 Å². The van der Waals surface area contributed by atoms with Gasteiger partial charge in [0.05, 0.1) is 6.04 Å². The number of ether oxygens (including phenoxy) is 1. The zero-order valence-corrected chi connectivity index (χ0v) is 12.3. The Balaban J connectivity index is 1.88. The molecule has 1 aromatic carbocycles. The summed E-state index contributed by atoms with van der Waals surface area (Å²) in [5.41, 5.74) is 1.71. The van der Waals surface area contributed by atoms with Crippen LogP contribution in [0.1, 0.15) is 18.4 Å². The summed E-state index contributed by atoms with van der Waals surface area (Å²) < 4.78 is 5.16. The predicted octanol–water partition coefficient (Wildman–Crippen LogP) is 2.61. The number of alkyl carbamates (subject to hydrolysis) is 1. The lowest BCUT2D eigenvalue weighted by molar-refractivity contribution is 0.128. The lowest BCUT2D eigenvalue weighted by Crippen LogP contribution is -2.45. The number of carbonyl (C=O) groups is 2. The third-order valence-corrected chi connectivity index (χ3v) is 3.60. The molecule has 1 aliphatic rings. The van der Waals surface area contributed by atoms with Crippen molar-refractivity contribution in [3.05, 3.63) is 48.0 Å². The molecule has 6 heteroatoms. The number of hydrogen-bond acceptors (Lipinski definition) is 3. The van der Waals surface area contributed by atoms with Crippen molar-refractivity contribution in [1.29, 1.82) is 0 Å². The van der Waals surface area contributed by atoms with Crippen LogP contribution < -0.4 is 5.32 Å². The maximum Gasteiger partial charge on any atom is 0.408 e. The molecule has 0 saturated carbocycles. The first-order chi connectivity index (χ1) is 10.6. The number of amides is 2. The minimum Gasteiger partial charge on any atom is -0.465 e. The van der Waals surface area contributed by atoms with E-state index in [1.807, 2.05) is 30.3 Å². The summed E-state index contributed by atoms with van der Waals surface area (Å²) >= 11 is 0. The monoisotopic (exact) mass is 304 g/mol. The van der Waals surface area contributed by atoms with Gasteiger partial charge in [0.2, 0.25) is 0 Å². The molecule has 1 atom stereocenters. The fourth-order valence-electron chi connectivity index (χ4n) is 2.34. The van der Waals surface area contributed by atoms with E-state index in [-0.39, 0.29) is 13.2 Å². The minimum absolute atomic E-state index is 0.175. The van der Waals surface area contributed by atoms with Gasteiger partial charge in [-0.1, -0.05) is 42.5 Å². The molecule has 1 unspecified atom stereocenters. The van der Waals surface area contributed by atoms with Gasteiger partial charge in [0.25, 0.3) is 0 Å². The van der Waals surface area contributed by atoms with Gasteiger partial charge < -0.3 is 20.1 Å². The summed E-state index contributed by atoms with van der Waals surface area (Å²) in [6.07, 6.45) is -0.156. The van der Waals surface area contributed by atoms with Gasteiger partial charge in [-0.3, -0.25) is 0 Å². The van der Waals surface area contributed by atoms with Gasteiger partial charge in [0.1, 0.15) is 6.61 Å². The van der Waals surface area contributed by atoms with E-state index in [4.69, 9.17) is 9.84 Å². The molecule has 0 aromatic heterocycles. The van der Waals surface area contributed by atoms with Crippen molar-refractivity contribution in [3.8, 4) is 0 Å². The normalized spacial score (nSPS) is 18.5. The van der Waals surface area contributed by atoms with Crippen LogP contribution in [0, 0.1) is 0 Å². The zero-order valence-electron chi connectivity index (χ0n) is 12.3. The van der Waals surface area contributed by atoms with Crippen LogP contribution in [0.3, 0.4) is 0 Å². The Kier molecular flexibility index (Phi) is 5.41. The van der Waals surface area contributed by atoms with E-state index in [0.717, 1.165) is 11.1 Å². The molecule has 2 amide bonds. The largest absolute Gasteiger partial charge is 0.465 e. The topological polar surface area (TPSA) is 78.9 Å². The Morgan fingerprint density at radius 3 is 2.77 bits per heavy atom. The third kappa shape index (κ3) is 4.51. The Labute approximate surface area is 129 Å². The average molecular weight is 304 g/mol. The third-order valence-electron chi connectivity index (χ3n) is 3.60. The summed E-state index contributed by atoms with van der Waals surface area (Å²) in [4.78, 5) is 24.3. The van der Waals surface area contributed by atoms with Crippen molar-refractivity contribution in [3.63, 3.8) is 0 Å². The van der Waals surface area contributed by atoms with E-state index < -0.39 is 18.2 Å². The average Bonchev–Trinajstić information content (AvgIpc) is 2.69. The van der Waals surface area contributed by atoms with Crippen LogP contribution in [0.2, 0.25) is 0 Å². The Morgan fingerprint density at radius 2 is 2.09 bits per heavy atom. The molecule has 22 heavy (non-hydrogen) atoms. The number of rotatable bonds is 3. The summed E-state index contributed by atoms with van der Waals surface area (Å²) in [5, 5.41) is 11.8. The molecule has 1 saturated heterocycles. The Bertz CT molecular complexity index is 544. The molecule has 0 radical (unpaired) electrons. The fraction of sp³-hybridized carbons (Fsp3) is 0.375. The number of hydrogen-bond donors (Lipinski definition) is 2. The first kappa shape index (κ1) is 15.9. The van der Waals surface area contributed by atoms with Crippen molar-refractivity contribution in [2.24, 2.45) is 0 Å². The van der Waals surface area contributed by atoms with Crippen LogP contribution in [-0.2, 0) is 11.3 Å². The van der Waals surface area contributed by atoms with Gasteiger partial charge in [-0.05, 0) is 18.4 Å². The van der Waals surface area contributed by atoms with Crippen LogP contribution in [0.4, 0.5) is 9.59 Å². The fourth-order valence-corrected chi connectivity index (χ4v) is 2.34. The summed E-state index contributed by atoms with van der Waals surface area (Å²) in [6, 6.07) is 8.94. The first-order valence-electron chi connectivity index (χ1n) is 7.19. The number of nitrogens with one attached hydrogen (secondary N) is 1. The Morgan fingerprint density at radius 1 is 1.36 bits per heavy atom. The van der Waals surface area contributed by atoms with Gasteiger partial charge in [0, 0.05) is 13.1 Å². The van der Waals surface area contributed by atoms with E-state index in [1.54, 1.807) is 0 Å². The standard InChI is InChI=1S/C16H20N2O4/c1-12-6-5-9-18(16(20)21)10-14(12)17-15(19)22-11-13-7-3-2-4-8-13/h2-4,7-8,14H,1,5-6,9-11H2,(H,17,19)(H,20,21). The van der Waals surface area contributed by atoms with Crippen molar-refractivity contribution in [2.45, 2.75) is 25.5 Å². The van der Waals surface area contributed by atoms with Crippen LogP contribution in [0.25, 0.3) is 0 Å². The van der Waals surface area contributed by atoms with Crippen LogP contribution in [0.5, 0.6) is 0 Å². The van der Waals surface area contributed by atoms with Gasteiger partial charge in [-0.25, -0.2) is 9.59 Å². The van der Waals surface area contributed by atoms with Crippen molar-refractivity contribution in [1.82, 2.24) is 10.2 Å². The highest BCUT2D eigenvalue weighted by molar-refractivity contribution is 5.69. The van der Waals surface area contributed by atoms with Crippen LogP contribution in [0.15, 0.2) is 42.5 Å². The second-order valence-corrected chi connectivity index (χ2v) is 5.25. The van der Waals surface area contributed by atoms with Gasteiger partial charge >= 0.3 is 12.2 Å². The molecule has 118 valence electrons. The highest BCUT2D eigenvalue weighted by Crippen LogP contribution is 2.16. The quantitative estimate of drug-likeness (QED) is 0.841. The predicted molar refractivity (Wildman–Crippen MR) is 81.5 cm³/mol. The van der Waals surface area contributed by atoms with Crippen molar-refractivity contribution >= 4 is 12.2 Å². The molecule has 0 aliphatic carbocycles. The van der Waals surface area contributed by atoms with E-state index in [9.17, 15) is 9.59 Å². The second-order valence-electron chi connectivity index (χ2n) is 5.25. The van der Waals surface area contributed by atoms with Crippen LogP contribution >= 0.6 is 0 Å². The SMILES string of the molecule is C=C1CCCN(C(=O)O)CC1NC(=O)OCc1ccccc1. The molecule has 0 spiro atoms. The molecule has 1 fully saturated rings. The summed E-state index contributed by atoms with van der Waals surface area (Å²) in [7, 11) is 0. The molecule has 2 rings (SSSR count). The van der Waals surface area contributed by atoms with E-state index >= 15 is 0 Å². The molecular formula is C16H20N2O4. The van der Waals surface area contributed by atoms with E-state index in [0.29, 0.717) is 19.4 Å². The summed E-state index contributed by atoms with van der Waals surface area (Å²) in [5.74, 6) is 0. The lowest BCUT2D eigenvalue weighted by Gasteiger charge is -2.23. The smallest absolute Gasteiger partial charge is 0.408 e. The molecule has 1 heterocycles. The maximum atomic E-state index is 11.9. The number of carbonyl (C=O) groups excluding carboxylic acids is 1. The highest BCUT2D eigenvalue weighted by Gasteiger charge is 2.25. The maximum absolute atomic E-state index is 11.9.